The van der Waals surface area contributed by atoms with Crippen LogP contribution >= 0.6 is 0 Å². The van der Waals surface area contributed by atoms with Crippen LogP contribution in [0.4, 0.5) is 0 Å². The van der Waals surface area contributed by atoms with Crippen molar-refractivity contribution in [2.75, 3.05) is 19.7 Å². The first-order chi connectivity index (χ1) is 12.6. The highest BCUT2D eigenvalue weighted by atomic mass is 16.5. The van der Waals surface area contributed by atoms with Gasteiger partial charge in [0.2, 0.25) is 5.90 Å². The van der Waals surface area contributed by atoms with E-state index in [0.29, 0.717) is 37.3 Å². The van der Waals surface area contributed by atoms with Gasteiger partial charge in [-0.15, -0.1) is 0 Å². The minimum Gasteiger partial charge on any atom is -0.484 e. The normalized spacial score (nSPS) is 17.1. The smallest absolute Gasteiger partial charge is 0.260 e. The summed E-state index contributed by atoms with van der Waals surface area (Å²) in [7, 11) is 0. The monoisotopic (exact) mass is 359 g/mol. The molecule has 7 nitrogen and oxygen atoms in total. The second-order valence-corrected chi connectivity index (χ2v) is 6.00. The Kier molecular flexibility index (Phi) is 7.35. The summed E-state index contributed by atoms with van der Waals surface area (Å²) in [6.45, 7) is 2.81. The van der Waals surface area contributed by atoms with Crippen molar-refractivity contribution in [3.05, 3.63) is 41.5 Å². The fourth-order valence-electron chi connectivity index (χ4n) is 2.68. The topological polar surface area (TPSA) is 107 Å². The van der Waals surface area contributed by atoms with Crippen LogP contribution in [0.25, 0.3) is 0 Å². The van der Waals surface area contributed by atoms with Crippen LogP contribution in [0.2, 0.25) is 0 Å². The highest BCUT2D eigenvalue weighted by Gasteiger charge is 2.28. The van der Waals surface area contributed by atoms with Gasteiger partial charge in [-0.1, -0.05) is 19.1 Å². The number of nitrogens with zero attached hydrogens (tertiary/aromatic N) is 1. The minimum atomic E-state index is -0.212. The fourth-order valence-corrected chi connectivity index (χ4v) is 2.68. The van der Waals surface area contributed by atoms with Gasteiger partial charge in [0.15, 0.2) is 6.61 Å². The Morgan fingerprint density at radius 3 is 2.73 bits per heavy atom. The van der Waals surface area contributed by atoms with Crippen molar-refractivity contribution >= 4 is 18.0 Å². The zero-order chi connectivity index (χ0) is 18.9. The van der Waals surface area contributed by atoms with Gasteiger partial charge < -0.3 is 24.9 Å². The molecule has 0 saturated carbocycles. The Balaban J connectivity index is 1.79. The van der Waals surface area contributed by atoms with Gasteiger partial charge in [0.25, 0.3) is 5.91 Å². The van der Waals surface area contributed by atoms with Gasteiger partial charge in [0.05, 0.1) is 13.2 Å². The van der Waals surface area contributed by atoms with Crippen LogP contribution in [0.15, 0.2) is 35.9 Å². The molecule has 2 rings (SSSR count). The number of aliphatic hydroxyl groups is 1. The van der Waals surface area contributed by atoms with E-state index in [4.69, 9.17) is 25.4 Å². The van der Waals surface area contributed by atoms with Gasteiger partial charge in [-0.25, -0.2) is 0 Å². The first-order valence-corrected chi connectivity index (χ1v) is 8.63. The van der Waals surface area contributed by atoms with E-state index in [1.807, 2.05) is 6.92 Å². The fraction of sp³-hybridized carbons (Fsp3) is 0.421. The van der Waals surface area contributed by atoms with Gasteiger partial charge in [-0.3, -0.25) is 10.2 Å². The predicted molar refractivity (Wildman–Crippen MR) is 98.8 cm³/mol. The standard InChI is InChI=1S/C19H25N3O4/c1-2-15(7-9-20)19(21)26-17-8-10-22(11-17)18(24)13-25-16-5-3-14(12-23)4-6-16/h3-7,9,17,20-21,23H,2,8,10-13H2,1H3/b15-7-,20-9?,21-19?. The van der Waals surface area contributed by atoms with Crippen molar-refractivity contribution in [3.63, 3.8) is 0 Å². The Morgan fingerprint density at radius 2 is 2.12 bits per heavy atom. The number of carbonyl (C=O) groups is 1. The van der Waals surface area contributed by atoms with E-state index in [1.165, 1.54) is 0 Å². The van der Waals surface area contributed by atoms with E-state index in [0.717, 1.165) is 11.8 Å². The molecule has 3 N–H and O–H groups in total. The van der Waals surface area contributed by atoms with Gasteiger partial charge in [0.1, 0.15) is 11.9 Å². The minimum absolute atomic E-state index is 0.0296. The maximum Gasteiger partial charge on any atom is 0.260 e. The Labute approximate surface area is 153 Å². The van der Waals surface area contributed by atoms with Gasteiger partial charge in [-0.05, 0) is 30.2 Å². The van der Waals surface area contributed by atoms with Gasteiger partial charge in [0, 0.05) is 24.8 Å². The van der Waals surface area contributed by atoms with Crippen molar-refractivity contribution in [1.82, 2.24) is 4.90 Å². The first kappa shape index (κ1) is 19.7. The maximum atomic E-state index is 12.3. The molecule has 1 aliphatic rings. The SMILES string of the molecule is CC/C(=C/C=N)C(=N)OC1CCN(C(=O)COc2ccc(CO)cc2)C1. The number of rotatable bonds is 8. The molecule has 0 bridgehead atoms. The van der Waals surface area contributed by atoms with Crippen LogP contribution in [-0.4, -0.2) is 53.8 Å². The molecule has 0 radical (unpaired) electrons. The third-order valence-electron chi connectivity index (χ3n) is 4.21. The second kappa shape index (κ2) is 9.72. The Morgan fingerprint density at radius 1 is 1.38 bits per heavy atom. The van der Waals surface area contributed by atoms with Crippen LogP contribution in [0.5, 0.6) is 5.75 Å². The van der Waals surface area contributed by atoms with Gasteiger partial charge >= 0.3 is 0 Å². The summed E-state index contributed by atoms with van der Waals surface area (Å²) in [5.74, 6) is 0.517. The van der Waals surface area contributed by atoms with E-state index in [9.17, 15) is 4.79 Å². The Bertz CT molecular complexity index is 670. The van der Waals surface area contributed by atoms with Crippen molar-refractivity contribution in [2.24, 2.45) is 0 Å². The molecule has 0 aromatic heterocycles. The van der Waals surface area contributed by atoms with E-state index < -0.39 is 0 Å². The lowest BCUT2D eigenvalue weighted by atomic mass is 10.2. The quantitative estimate of drug-likeness (QED) is 0.488. The molecule has 1 aliphatic heterocycles. The van der Waals surface area contributed by atoms with Gasteiger partial charge in [-0.2, -0.15) is 0 Å². The molecule has 1 aromatic rings. The highest BCUT2D eigenvalue weighted by Crippen LogP contribution is 2.17. The molecular weight excluding hydrogens is 334 g/mol. The van der Waals surface area contributed by atoms with Crippen molar-refractivity contribution in [1.29, 1.82) is 10.8 Å². The number of likely N-dealkylation sites (tertiary alicyclic amines) is 1. The van der Waals surface area contributed by atoms with Crippen molar-refractivity contribution in [3.8, 4) is 5.75 Å². The summed E-state index contributed by atoms with van der Waals surface area (Å²) in [6.07, 6.45) is 3.77. The van der Waals surface area contributed by atoms with Crippen molar-refractivity contribution in [2.45, 2.75) is 32.5 Å². The molecule has 0 spiro atoms. The largest absolute Gasteiger partial charge is 0.484 e. The van der Waals surface area contributed by atoms with Crippen LogP contribution in [0, 0.1) is 10.8 Å². The number of amides is 1. The summed E-state index contributed by atoms with van der Waals surface area (Å²) in [6, 6.07) is 6.94. The number of allylic oxidation sites excluding steroid dienone is 1. The number of aliphatic hydroxyl groups excluding tert-OH is 1. The summed E-state index contributed by atoms with van der Waals surface area (Å²) < 4.78 is 11.1. The molecular formula is C19H25N3O4. The summed E-state index contributed by atoms with van der Waals surface area (Å²) >= 11 is 0. The molecule has 1 amide bonds. The molecule has 0 aliphatic carbocycles. The summed E-state index contributed by atoms with van der Waals surface area (Å²) in [5, 5.41) is 24.1. The van der Waals surface area contributed by atoms with Crippen LogP contribution in [0.1, 0.15) is 25.3 Å². The molecule has 1 heterocycles. The number of benzene rings is 1. The number of hydrogen-bond donors (Lipinski definition) is 3. The van der Waals surface area contributed by atoms with E-state index in [1.54, 1.807) is 35.2 Å². The lowest BCUT2D eigenvalue weighted by Crippen LogP contribution is -2.34. The van der Waals surface area contributed by atoms with E-state index in [-0.39, 0.29) is 31.1 Å². The molecule has 1 fully saturated rings. The zero-order valence-corrected chi connectivity index (χ0v) is 14.9. The van der Waals surface area contributed by atoms with Crippen LogP contribution < -0.4 is 4.74 Å². The second-order valence-electron chi connectivity index (χ2n) is 6.00. The number of hydrogen-bond acceptors (Lipinski definition) is 6. The predicted octanol–water partition coefficient (Wildman–Crippen LogP) is 2.14. The third-order valence-corrected chi connectivity index (χ3v) is 4.21. The number of ether oxygens (including phenoxy) is 2. The molecule has 1 atom stereocenters. The maximum absolute atomic E-state index is 12.3. The van der Waals surface area contributed by atoms with E-state index >= 15 is 0 Å². The molecule has 1 unspecified atom stereocenters. The highest BCUT2D eigenvalue weighted by molar-refractivity contribution is 5.95. The molecule has 1 saturated heterocycles. The average molecular weight is 359 g/mol. The number of carbonyl (C=O) groups excluding carboxylic acids is 1. The third kappa shape index (κ3) is 5.42. The summed E-state index contributed by atoms with van der Waals surface area (Å²) in [5.41, 5.74) is 1.45. The van der Waals surface area contributed by atoms with Crippen molar-refractivity contribution < 1.29 is 19.4 Å². The van der Waals surface area contributed by atoms with E-state index in [2.05, 4.69) is 0 Å². The molecule has 140 valence electrons. The zero-order valence-electron chi connectivity index (χ0n) is 14.9. The number of nitrogens with one attached hydrogen (secondary N) is 2. The molecule has 26 heavy (non-hydrogen) atoms. The lowest BCUT2D eigenvalue weighted by Gasteiger charge is -2.18. The lowest BCUT2D eigenvalue weighted by molar-refractivity contribution is -0.132. The average Bonchev–Trinajstić information content (AvgIpc) is 3.13. The Hall–Kier alpha value is -2.67. The molecule has 1 aromatic carbocycles. The van der Waals surface area contributed by atoms with Crippen LogP contribution in [-0.2, 0) is 16.1 Å². The van der Waals surface area contributed by atoms with Crippen LogP contribution in [0.3, 0.4) is 0 Å². The molecule has 7 heteroatoms. The first-order valence-electron chi connectivity index (χ1n) is 8.63. The summed E-state index contributed by atoms with van der Waals surface area (Å²) in [4.78, 5) is 13.9.